The van der Waals surface area contributed by atoms with E-state index in [-0.39, 0.29) is 42.1 Å². The van der Waals surface area contributed by atoms with Gasteiger partial charge in [-0.2, -0.15) is 13.2 Å². The fourth-order valence-corrected chi connectivity index (χ4v) is 7.08. The number of alkyl halides is 3. The fourth-order valence-electron chi connectivity index (χ4n) is 7.08. The van der Waals surface area contributed by atoms with Gasteiger partial charge in [-0.3, -0.25) is 4.79 Å². The van der Waals surface area contributed by atoms with E-state index < -0.39 is 17.2 Å². The minimum atomic E-state index is -4.43. The molecule has 210 valence electrons. The van der Waals surface area contributed by atoms with Gasteiger partial charge in [-0.15, -0.1) is 0 Å². The maximum Gasteiger partial charge on any atom is 0.416 e. The Hall–Kier alpha value is -2.60. The van der Waals surface area contributed by atoms with Crippen molar-refractivity contribution in [2.24, 2.45) is 11.3 Å². The number of hydrogen-bond acceptors (Lipinski definition) is 7. The number of halogens is 3. The first-order valence-electron chi connectivity index (χ1n) is 13.3. The van der Waals surface area contributed by atoms with E-state index in [1.165, 1.54) is 13.3 Å². The Morgan fingerprint density at radius 2 is 1.97 bits per heavy atom. The van der Waals surface area contributed by atoms with E-state index in [0.717, 1.165) is 37.8 Å². The van der Waals surface area contributed by atoms with Crippen LogP contribution in [0.3, 0.4) is 0 Å². The summed E-state index contributed by atoms with van der Waals surface area (Å²) in [7, 11) is 3.01. The summed E-state index contributed by atoms with van der Waals surface area (Å²) in [5.74, 6) is 0.532. The predicted octanol–water partition coefficient (Wildman–Crippen LogP) is 2.75. The van der Waals surface area contributed by atoms with Crippen molar-refractivity contribution < 1.29 is 32.2 Å². The molecule has 6 atom stereocenters. The topological polar surface area (TPSA) is 87.2 Å². The molecule has 1 aromatic heterocycles. The number of rotatable bonds is 4. The van der Waals surface area contributed by atoms with E-state index >= 15 is 0 Å². The summed E-state index contributed by atoms with van der Waals surface area (Å²) in [6.45, 7) is 4.54. The maximum absolute atomic E-state index is 13.7. The normalized spacial score (nSPS) is 33.7. The van der Waals surface area contributed by atoms with Crippen LogP contribution in [0.15, 0.2) is 18.3 Å². The number of ether oxygens (including phenoxy) is 2. The summed E-state index contributed by atoms with van der Waals surface area (Å²) in [4.78, 5) is 35.4. The SMILES string of the molecule is COC(=O)N1CCC(N[C@@H]2CC[C@@]3(C2)C(=O)N2CCN(c4cc(C(F)(F)F)ccn4)CC2C3C)C(OC)C1. The third-order valence-corrected chi connectivity index (χ3v) is 9.25. The molecule has 4 heterocycles. The molecule has 3 aliphatic heterocycles. The van der Waals surface area contributed by atoms with Gasteiger partial charge in [0.15, 0.2) is 0 Å². The number of fused-ring (bicyclic) bond motifs is 1. The third-order valence-electron chi connectivity index (χ3n) is 9.25. The van der Waals surface area contributed by atoms with Gasteiger partial charge in [0, 0.05) is 51.6 Å². The molecule has 1 spiro atoms. The van der Waals surface area contributed by atoms with Crippen molar-refractivity contribution in [3.05, 3.63) is 23.9 Å². The lowest BCUT2D eigenvalue weighted by molar-refractivity contribution is -0.138. The molecule has 0 radical (unpaired) electrons. The van der Waals surface area contributed by atoms with Gasteiger partial charge in [-0.05, 0) is 43.7 Å². The second-order valence-electron chi connectivity index (χ2n) is 11.0. The molecule has 1 saturated carbocycles. The zero-order valence-electron chi connectivity index (χ0n) is 22.0. The average molecular weight is 540 g/mol. The molecule has 38 heavy (non-hydrogen) atoms. The molecule has 3 saturated heterocycles. The number of nitrogens with zero attached hydrogens (tertiary/aromatic N) is 4. The Labute approximate surface area is 220 Å². The summed E-state index contributed by atoms with van der Waals surface area (Å²) in [6.07, 6.45) is -0.669. The number of carbonyl (C=O) groups is 2. The largest absolute Gasteiger partial charge is 0.453 e. The van der Waals surface area contributed by atoms with Crippen LogP contribution in [-0.4, -0.2) is 98.0 Å². The molecule has 2 amide bonds. The molecule has 5 rings (SSSR count). The lowest BCUT2D eigenvalue weighted by atomic mass is 9.74. The minimum Gasteiger partial charge on any atom is -0.453 e. The van der Waals surface area contributed by atoms with Gasteiger partial charge in [0.1, 0.15) is 5.82 Å². The van der Waals surface area contributed by atoms with Crippen molar-refractivity contribution in [1.29, 1.82) is 0 Å². The highest BCUT2D eigenvalue weighted by molar-refractivity contribution is 5.87. The van der Waals surface area contributed by atoms with E-state index in [9.17, 15) is 22.8 Å². The number of aromatic nitrogens is 1. The van der Waals surface area contributed by atoms with Crippen molar-refractivity contribution >= 4 is 17.8 Å². The summed E-state index contributed by atoms with van der Waals surface area (Å²) < 4.78 is 50.3. The number of nitrogens with one attached hydrogen (secondary N) is 1. The summed E-state index contributed by atoms with van der Waals surface area (Å²) >= 11 is 0. The number of piperidine rings is 1. The standard InChI is InChI=1S/C26H36F3N5O4/c1-16-20-14-32(22-12-17(5-8-30-22)26(27,28)29)10-11-34(20)23(35)25(16)7-4-18(13-25)31-19-6-9-33(24(36)38-3)15-21(19)37-2/h5,8,12,16,18-21,31H,4,6-7,9-11,13-15H2,1-3H3/t16?,18-,19?,20?,21?,25+/m1/s1. The van der Waals surface area contributed by atoms with Crippen LogP contribution in [-0.2, 0) is 20.4 Å². The first-order valence-corrected chi connectivity index (χ1v) is 13.3. The van der Waals surface area contributed by atoms with E-state index in [0.29, 0.717) is 38.5 Å². The highest BCUT2D eigenvalue weighted by atomic mass is 19.4. The molecule has 4 aliphatic rings. The Kier molecular flexibility index (Phi) is 7.23. The first-order chi connectivity index (χ1) is 18.1. The van der Waals surface area contributed by atoms with Crippen LogP contribution in [0.4, 0.5) is 23.8 Å². The Balaban J connectivity index is 1.25. The lowest BCUT2D eigenvalue weighted by Crippen LogP contribution is -2.56. The summed E-state index contributed by atoms with van der Waals surface area (Å²) in [5, 5.41) is 3.72. The molecule has 1 aliphatic carbocycles. The number of piperazine rings is 1. The quantitative estimate of drug-likeness (QED) is 0.630. The summed E-state index contributed by atoms with van der Waals surface area (Å²) in [5.41, 5.74) is -1.19. The molecular formula is C26H36F3N5O4. The molecule has 1 aromatic rings. The number of carbonyl (C=O) groups excluding carboxylic acids is 2. The van der Waals surface area contributed by atoms with Gasteiger partial charge in [0.05, 0.1) is 36.8 Å². The number of methoxy groups -OCH3 is 2. The van der Waals surface area contributed by atoms with Crippen LogP contribution in [0, 0.1) is 11.3 Å². The van der Waals surface area contributed by atoms with Gasteiger partial charge in [-0.1, -0.05) is 6.92 Å². The van der Waals surface area contributed by atoms with Gasteiger partial charge >= 0.3 is 12.3 Å². The van der Waals surface area contributed by atoms with Gasteiger partial charge in [-0.25, -0.2) is 9.78 Å². The molecule has 9 nitrogen and oxygen atoms in total. The van der Waals surface area contributed by atoms with Crippen LogP contribution in [0.2, 0.25) is 0 Å². The molecule has 12 heteroatoms. The highest BCUT2D eigenvalue weighted by Crippen LogP contribution is 2.53. The summed E-state index contributed by atoms with van der Waals surface area (Å²) in [6, 6.07) is 2.23. The first kappa shape index (κ1) is 27.0. The van der Waals surface area contributed by atoms with Crippen molar-refractivity contribution in [2.45, 2.75) is 63.0 Å². The van der Waals surface area contributed by atoms with E-state index in [2.05, 4.69) is 17.2 Å². The van der Waals surface area contributed by atoms with E-state index in [4.69, 9.17) is 9.47 Å². The molecule has 4 unspecified atom stereocenters. The van der Waals surface area contributed by atoms with Crippen LogP contribution >= 0.6 is 0 Å². The van der Waals surface area contributed by atoms with Crippen molar-refractivity contribution in [1.82, 2.24) is 20.1 Å². The Bertz CT molecular complexity index is 1060. The number of pyridine rings is 1. The number of hydrogen-bond donors (Lipinski definition) is 1. The highest BCUT2D eigenvalue weighted by Gasteiger charge is 2.60. The van der Waals surface area contributed by atoms with Crippen molar-refractivity contribution in [3.8, 4) is 0 Å². The lowest BCUT2D eigenvalue weighted by Gasteiger charge is -2.39. The Morgan fingerprint density at radius 1 is 1.18 bits per heavy atom. The zero-order valence-corrected chi connectivity index (χ0v) is 22.0. The monoisotopic (exact) mass is 539 g/mol. The number of anilines is 1. The average Bonchev–Trinajstić information content (AvgIpc) is 3.43. The van der Waals surface area contributed by atoms with E-state index in [1.54, 1.807) is 12.0 Å². The third kappa shape index (κ3) is 4.70. The van der Waals surface area contributed by atoms with Gasteiger partial charge in [0.25, 0.3) is 0 Å². The number of likely N-dealkylation sites (tertiary alicyclic amines) is 1. The van der Waals surface area contributed by atoms with Crippen LogP contribution in [0.1, 0.15) is 38.2 Å². The van der Waals surface area contributed by atoms with Crippen LogP contribution in [0.25, 0.3) is 0 Å². The van der Waals surface area contributed by atoms with Crippen molar-refractivity contribution in [3.63, 3.8) is 0 Å². The number of amides is 2. The molecule has 0 bridgehead atoms. The second-order valence-corrected chi connectivity index (χ2v) is 11.0. The predicted molar refractivity (Wildman–Crippen MR) is 133 cm³/mol. The minimum absolute atomic E-state index is 0.0646. The van der Waals surface area contributed by atoms with Crippen LogP contribution < -0.4 is 10.2 Å². The second kappa shape index (κ2) is 10.2. The fraction of sp³-hybridized carbons (Fsp3) is 0.731. The zero-order chi connectivity index (χ0) is 27.2. The molecule has 0 aromatic carbocycles. The van der Waals surface area contributed by atoms with Crippen molar-refractivity contribution in [2.75, 3.05) is 51.8 Å². The van der Waals surface area contributed by atoms with Gasteiger partial charge < -0.3 is 29.5 Å². The molecular weight excluding hydrogens is 503 g/mol. The van der Waals surface area contributed by atoms with Gasteiger partial charge in [0.2, 0.25) is 5.91 Å². The van der Waals surface area contributed by atoms with Crippen LogP contribution in [0.5, 0.6) is 0 Å². The Morgan fingerprint density at radius 3 is 2.68 bits per heavy atom. The molecule has 1 N–H and O–H groups in total. The maximum atomic E-state index is 13.7. The smallest absolute Gasteiger partial charge is 0.416 e. The van der Waals surface area contributed by atoms with E-state index in [1.807, 2.05) is 9.80 Å². The molecule has 4 fully saturated rings.